The smallest absolute Gasteiger partial charge is 0.165 e. The second-order valence-corrected chi connectivity index (χ2v) is 8.64. The molecule has 1 spiro atoms. The molecule has 30 heavy (non-hydrogen) atoms. The minimum atomic E-state index is -0.265. The Kier molecular flexibility index (Phi) is 10.3. The van der Waals surface area contributed by atoms with Crippen LogP contribution in [0.5, 0.6) is 11.5 Å². The number of hydrogen-bond donors (Lipinski definition) is 1. The van der Waals surface area contributed by atoms with Crippen LogP contribution in [0.15, 0.2) is 12.1 Å². The normalized spacial score (nSPS) is 25.8. The van der Waals surface area contributed by atoms with Crippen molar-refractivity contribution < 1.29 is 19.0 Å². The Bertz CT molecular complexity index is 690. The third-order valence-electron chi connectivity index (χ3n) is 6.34. The van der Waals surface area contributed by atoms with Gasteiger partial charge in [0, 0.05) is 24.0 Å². The van der Waals surface area contributed by atoms with Gasteiger partial charge in [0.25, 0.3) is 0 Å². The first-order chi connectivity index (χ1) is 14.3. The van der Waals surface area contributed by atoms with Crippen molar-refractivity contribution in [1.29, 1.82) is 0 Å². The Labute approximate surface area is 183 Å². The zero-order valence-corrected chi connectivity index (χ0v) is 20.5. The largest absolute Gasteiger partial charge is 0.493 e. The van der Waals surface area contributed by atoms with Crippen molar-refractivity contribution in [2.75, 3.05) is 21.3 Å². The Morgan fingerprint density at radius 2 is 1.90 bits per heavy atom. The summed E-state index contributed by atoms with van der Waals surface area (Å²) in [6, 6.07) is 4.09. The molecule has 1 fully saturated rings. The molecule has 0 bridgehead atoms. The van der Waals surface area contributed by atoms with Gasteiger partial charge in [-0.25, -0.2) is 0 Å². The fourth-order valence-electron chi connectivity index (χ4n) is 4.96. The molecule has 1 aromatic carbocycles. The van der Waals surface area contributed by atoms with Crippen LogP contribution in [0.1, 0.15) is 71.4 Å². The molecule has 1 aliphatic heterocycles. The summed E-state index contributed by atoms with van der Waals surface area (Å²) in [6.45, 7) is 12.3. The Morgan fingerprint density at radius 1 is 1.30 bits per heavy atom. The van der Waals surface area contributed by atoms with E-state index in [-0.39, 0.29) is 29.3 Å². The van der Waals surface area contributed by atoms with Gasteiger partial charge in [0.15, 0.2) is 11.5 Å². The molecular weight excluding hydrogens is 378 g/mol. The molecule has 1 heterocycles. The van der Waals surface area contributed by atoms with Crippen LogP contribution in [-0.2, 0) is 14.9 Å². The van der Waals surface area contributed by atoms with Crippen LogP contribution in [0.25, 0.3) is 0 Å². The van der Waals surface area contributed by atoms with Gasteiger partial charge in [0.2, 0.25) is 0 Å². The average Bonchev–Trinajstić information content (AvgIpc) is 3.26. The van der Waals surface area contributed by atoms with E-state index in [4.69, 9.17) is 14.2 Å². The van der Waals surface area contributed by atoms with Crippen LogP contribution in [0.2, 0.25) is 0 Å². The van der Waals surface area contributed by atoms with Gasteiger partial charge >= 0.3 is 0 Å². The molecule has 2 N–H and O–H groups in total. The molecule has 5 nitrogen and oxygen atoms in total. The summed E-state index contributed by atoms with van der Waals surface area (Å²) in [5.41, 5.74) is 6.90. The maximum atomic E-state index is 12.1. The van der Waals surface area contributed by atoms with E-state index in [0.29, 0.717) is 5.92 Å². The zero-order chi connectivity index (χ0) is 23.1. The lowest BCUT2D eigenvalue weighted by Gasteiger charge is -2.37. The predicted octanol–water partition coefficient (Wildman–Crippen LogP) is 5.05. The molecule has 0 radical (unpaired) electrons. The summed E-state index contributed by atoms with van der Waals surface area (Å²) in [4.78, 5) is 12.1. The van der Waals surface area contributed by atoms with E-state index in [1.54, 1.807) is 21.1 Å². The summed E-state index contributed by atoms with van der Waals surface area (Å²) >= 11 is 0. The Morgan fingerprint density at radius 3 is 2.33 bits per heavy atom. The van der Waals surface area contributed by atoms with Crippen LogP contribution in [0, 0.1) is 18.8 Å². The van der Waals surface area contributed by atoms with E-state index in [1.807, 2.05) is 13.0 Å². The van der Waals surface area contributed by atoms with E-state index in [2.05, 4.69) is 39.5 Å². The number of hydrogen-bond acceptors (Lipinski definition) is 5. The lowest BCUT2D eigenvalue weighted by atomic mass is 9.70. The summed E-state index contributed by atoms with van der Waals surface area (Å²) in [7, 11) is 4.87. The van der Waals surface area contributed by atoms with Crippen molar-refractivity contribution in [3.05, 3.63) is 23.3 Å². The third kappa shape index (κ3) is 5.00. The first-order valence-electron chi connectivity index (χ1n) is 11.2. The van der Waals surface area contributed by atoms with Crippen LogP contribution < -0.4 is 15.2 Å². The van der Waals surface area contributed by atoms with Crippen LogP contribution >= 0.6 is 0 Å². The molecule has 0 saturated heterocycles. The lowest BCUT2D eigenvalue weighted by molar-refractivity contribution is -0.129. The number of nitrogens with two attached hydrogens (primary N) is 1. The van der Waals surface area contributed by atoms with Gasteiger partial charge < -0.3 is 19.9 Å². The number of carbonyl (C=O) groups is 1. The number of carbonyl (C=O) groups excluding carboxylic acids is 1. The lowest BCUT2D eigenvalue weighted by Crippen LogP contribution is -2.49. The maximum Gasteiger partial charge on any atom is 0.165 e. The number of rotatable bonds is 5. The fourth-order valence-corrected chi connectivity index (χ4v) is 4.96. The molecule has 5 atom stereocenters. The third-order valence-corrected chi connectivity index (χ3v) is 6.34. The molecule has 0 aromatic heterocycles. The van der Waals surface area contributed by atoms with Gasteiger partial charge in [-0.05, 0) is 57.7 Å². The quantitative estimate of drug-likeness (QED) is 0.720. The van der Waals surface area contributed by atoms with Gasteiger partial charge in [0.05, 0.1) is 7.11 Å². The van der Waals surface area contributed by atoms with Crippen molar-refractivity contribution in [1.82, 2.24) is 0 Å². The van der Waals surface area contributed by atoms with Gasteiger partial charge in [0.1, 0.15) is 18.0 Å². The van der Waals surface area contributed by atoms with Crippen LogP contribution in [0.3, 0.4) is 0 Å². The summed E-state index contributed by atoms with van der Waals surface area (Å²) in [5.74, 6) is 2.18. The average molecular weight is 422 g/mol. The summed E-state index contributed by atoms with van der Waals surface area (Å²) < 4.78 is 17.9. The monoisotopic (exact) mass is 421 g/mol. The van der Waals surface area contributed by atoms with E-state index < -0.39 is 0 Å². The van der Waals surface area contributed by atoms with Crippen molar-refractivity contribution in [3.8, 4) is 11.5 Å². The highest BCUT2D eigenvalue weighted by molar-refractivity contribution is 5.78. The summed E-state index contributed by atoms with van der Waals surface area (Å²) in [5, 5.41) is 0. The van der Waals surface area contributed by atoms with Gasteiger partial charge in [-0.15, -0.1) is 0 Å². The SMILES string of the molecule is CCC.CN.COc1ccc(C)c2c1O[C@@H](C(OC)[C@H](C)C(C)=O)[C@]21CCC(C)C1. The van der Waals surface area contributed by atoms with E-state index >= 15 is 0 Å². The second-order valence-electron chi connectivity index (χ2n) is 8.64. The van der Waals surface area contributed by atoms with Gasteiger partial charge in [-0.1, -0.05) is 40.2 Å². The standard InChI is InChI=1S/C21H30O4.C3H8.CH5N/c1-12-9-10-21(11-12)17-13(2)7-8-16(23-5)19(17)25-20(21)18(24-6)14(3)15(4)22;1-3-2;1-2/h7-8,12,14,18,20H,9-11H2,1-6H3;3H2,1-2H3;2H2,1H3/t12?,14-,18?,20+,21+;;/m1../s1. The fraction of sp³-hybridized carbons (Fsp3) is 0.720. The Hall–Kier alpha value is -1.59. The number of ether oxygens (including phenoxy) is 3. The molecule has 1 saturated carbocycles. The number of Topliss-reactive ketones (excluding diaryl/α,β-unsaturated/α-hetero) is 1. The molecule has 0 amide bonds. The minimum absolute atomic E-state index is 0.0994. The van der Waals surface area contributed by atoms with E-state index in [1.165, 1.54) is 31.0 Å². The number of fused-ring (bicyclic) bond motifs is 2. The number of aryl methyl sites for hydroxylation is 1. The van der Waals surface area contributed by atoms with Gasteiger partial charge in [-0.3, -0.25) is 4.79 Å². The van der Waals surface area contributed by atoms with Crippen LogP contribution in [-0.4, -0.2) is 39.3 Å². The van der Waals surface area contributed by atoms with Crippen LogP contribution in [0.4, 0.5) is 0 Å². The highest BCUT2D eigenvalue weighted by Gasteiger charge is 2.57. The highest BCUT2D eigenvalue weighted by Crippen LogP contribution is 2.59. The molecular formula is C25H43NO4. The van der Waals surface area contributed by atoms with Gasteiger partial charge in [-0.2, -0.15) is 0 Å². The minimum Gasteiger partial charge on any atom is -0.493 e. The molecule has 2 aliphatic rings. The van der Waals surface area contributed by atoms with Crippen molar-refractivity contribution in [2.45, 2.75) is 84.8 Å². The molecule has 2 unspecified atom stereocenters. The second kappa shape index (κ2) is 11.7. The number of ketones is 1. The first kappa shape index (κ1) is 26.4. The molecule has 172 valence electrons. The van der Waals surface area contributed by atoms with Crippen molar-refractivity contribution >= 4 is 5.78 Å². The summed E-state index contributed by atoms with van der Waals surface area (Å²) in [6.07, 6.45) is 4.11. The first-order valence-corrected chi connectivity index (χ1v) is 11.2. The van der Waals surface area contributed by atoms with E-state index in [9.17, 15) is 4.79 Å². The maximum absolute atomic E-state index is 12.1. The Balaban J connectivity index is 0.000000826. The van der Waals surface area contributed by atoms with Crippen molar-refractivity contribution in [2.24, 2.45) is 17.6 Å². The van der Waals surface area contributed by atoms with Crippen molar-refractivity contribution in [3.63, 3.8) is 0 Å². The molecule has 5 heteroatoms. The highest BCUT2D eigenvalue weighted by atomic mass is 16.6. The number of methoxy groups -OCH3 is 2. The zero-order valence-electron chi connectivity index (χ0n) is 20.5. The predicted molar refractivity (Wildman–Crippen MR) is 124 cm³/mol. The number of benzene rings is 1. The van der Waals surface area contributed by atoms with E-state index in [0.717, 1.165) is 24.3 Å². The molecule has 3 rings (SSSR count). The topological polar surface area (TPSA) is 70.8 Å². The molecule has 1 aromatic rings. The molecule has 1 aliphatic carbocycles.